The van der Waals surface area contributed by atoms with E-state index in [9.17, 15) is 13.2 Å². The fourth-order valence-electron chi connectivity index (χ4n) is 3.43. The summed E-state index contributed by atoms with van der Waals surface area (Å²) in [6.07, 6.45) is 2.55. The number of rotatable bonds is 3. The van der Waals surface area contributed by atoms with E-state index in [0.717, 1.165) is 25.7 Å². The van der Waals surface area contributed by atoms with E-state index in [-0.39, 0.29) is 18.9 Å². The largest absolute Gasteiger partial charge is 0.391 e. The lowest BCUT2D eigenvalue weighted by molar-refractivity contribution is -0.182. The first-order valence-electron chi connectivity index (χ1n) is 7.34. The zero-order chi connectivity index (χ0) is 13.9. The lowest BCUT2D eigenvalue weighted by atomic mass is 9.84. The van der Waals surface area contributed by atoms with Crippen molar-refractivity contribution in [1.82, 2.24) is 5.32 Å². The Labute approximate surface area is 113 Å². The van der Waals surface area contributed by atoms with Crippen molar-refractivity contribution in [2.24, 2.45) is 5.92 Å². The van der Waals surface area contributed by atoms with E-state index >= 15 is 0 Å². The second kappa shape index (κ2) is 6.44. The van der Waals surface area contributed by atoms with E-state index < -0.39 is 12.1 Å². The molecule has 19 heavy (non-hydrogen) atoms. The van der Waals surface area contributed by atoms with Crippen LogP contribution in [0.5, 0.6) is 0 Å². The molecule has 0 aromatic heterocycles. The van der Waals surface area contributed by atoms with Crippen LogP contribution in [0.15, 0.2) is 0 Å². The van der Waals surface area contributed by atoms with Gasteiger partial charge in [-0.2, -0.15) is 13.2 Å². The van der Waals surface area contributed by atoms with Crippen LogP contribution in [0.25, 0.3) is 0 Å². The fourth-order valence-corrected chi connectivity index (χ4v) is 3.43. The highest BCUT2D eigenvalue weighted by molar-refractivity contribution is 4.85. The van der Waals surface area contributed by atoms with Gasteiger partial charge in [-0.1, -0.05) is 0 Å². The molecule has 0 aromatic rings. The Morgan fingerprint density at radius 1 is 0.947 bits per heavy atom. The number of methoxy groups -OCH3 is 1. The Morgan fingerprint density at radius 2 is 1.63 bits per heavy atom. The minimum Gasteiger partial charge on any atom is -0.381 e. The molecule has 112 valence electrons. The third-order valence-electron chi connectivity index (χ3n) is 4.62. The summed E-state index contributed by atoms with van der Waals surface area (Å²) >= 11 is 0. The molecule has 0 saturated heterocycles. The van der Waals surface area contributed by atoms with Crippen LogP contribution in [0.3, 0.4) is 0 Å². The number of hydrogen-bond donors (Lipinski definition) is 1. The highest BCUT2D eigenvalue weighted by Gasteiger charge is 2.41. The Bertz CT molecular complexity index is 274. The monoisotopic (exact) mass is 279 g/mol. The zero-order valence-corrected chi connectivity index (χ0v) is 11.5. The summed E-state index contributed by atoms with van der Waals surface area (Å²) in [6, 6.07) is 0.686. The molecule has 0 spiro atoms. The van der Waals surface area contributed by atoms with Gasteiger partial charge in [0.1, 0.15) is 0 Å². The van der Waals surface area contributed by atoms with Gasteiger partial charge in [0.25, 0.3) is 0 Å². The van der Waals surface area contributed by atoms with Gasteiger partial charge in [0.05, 0.1) is 12.0 Å². The Hall–Kier alpha value is -0.290. The molecule has 2 rings (SSSR count). The van der Waals surface area contributed by atoms with E-state index in [1.165, 1.54) is 0 Å². The lowest BCUT2D eigenvalue weighted by Crippen LogP contribution is -2.45. The Balaban J connectivity index is 1.73. The molecule has 2 unspecified atom stereocenters. The number of nitrogens with one attached hydrogen (secondary N) is 1. The topological polar surface area (TPSA) is 21.3 Å². The predicted molar refractivity (Wildman–Crippen MR) is 68.0 cm³/mol. The molecule has 1 N–H and O–H groups in total. The van der Waals surface area contributed by atoms with Crippen molar-refractivity contribution in [3.05, 3.63) is 0 Å². The van der Waals surface area contributed by atoms with Crippen LogP contribution in [0.2, 0.25) is 0 Å². The molecule has 2 atom stereocenters. The van der Waals surface area contributed by atoms with Crippen LogP contribution in [-0.2, 0) is 4.74 Å². The first kappa shape index (κ1) is 15.1. The molecule has 2 aliphatic rings. The number of alkyl halides is 3. The van der Waals surface area contributed by atoms with Crippen LogP contribution < -0.4 is 5.32 Å². The van der Waals surface area contributed by atoms with Gasteiger partial charge in [0.2, 0.25) is 0 Å². The van der Waals surface area contributed by atoms with Crippen LogP contribution >= 0.6 is 0 Å². The number of halogens is 3. The maximum atomic E-state index is 12.6. The smallest absolute Gasteiger partial charge is 0.381 e. The highest BCUT2D eigenvalue weighted by Crippen LogP contribution is 2.37. The maximum Gasteiger partial charge on any atom is 0.391 e. The second-order valence-corrected chi connectivity index (χ2v) is 5.98. The molecule has 2 nitrogen and oxygen atoms in total. The molecule has 0 amide bonds. The SMILES string of the molecule is COC1CCCC(NC2CCC(C(F)(F)F)CC2)C1. The standard InChI is InChI=1S/C14H24F3NO/c1-19-13-4-2-3-12(9-13)18-11-7-5-10(6-8-11)14(15,16)17/h10-13,18H,2-9H2,1H3. The van der Waals surface area contributed by atoms with Crippen LogP contribution in [-0.4, -0.2) is 31.5 Å². The first-order valence-corrected chi connectivity index (χ1v) is 7.34. The minimum atomic E-state index is -4.00. The third-order valence-corrected chi connectivity index (χ3v) is 4.62. The van der Waals surface area contributed by atoms with Gasteiger partial charge >= 0.3 is 6.18 Å². The second-order valence-electron chi connectivity index (χ2n) is 5.98. The van der Waals surface area contributed by atoms with Crippen molar-refractivity contribution in [2.75, 3.05) is 7.11 Å². The quantitative estimate of drug-likeness (QED) is 0.851. The Morgan fingerprint density at radius 3 is 2.21 bits per heavy atom. The fraction of sp³-hybridized carbons (Fsp3) is 1.00. The van der Waals surface area contributed by atoms with Crippen molar-refractivity contribution in [3.8, 4) is 0 Å². The third kappa shape index (κ3) is 4.35. The van der Waals surface area contributed by atoms with Gasteiger partial charge in [-0.05, 0) is 51.4 Å². The summed E-state index contributed by atoms with van der Waals surface area (Å²) in [5.74, 6) is -1.08. The molecule has 5 heteroatoms. The van der Waals surface area contributed by atoms with Crippen LogP contribution in [0, 0.1) is 5.92 Å². The molecular weight excluding hydrogens is 255 g/mol. The molecular formula is C14H24F3NO. The summed E-state index contributed by atoms with van der Waals surface area (Å²) in [7, 11) is 1.74. The number of hydrogen-bond acceptors (Lipinski definition) is 2. The maximum absolute atomic E-state index is 12.6. The van der Waals surface area contributed by atoms with Crippen molar-refractivity contribution in [1.29, 1.82) is 0 Å². The van der Waals surface area contributed by atoms with Crippen molar-refractivity contribution in [3.63, 3.8) is 0 Å². The average Bonchev–Trinajstić information content (AvgIpc) is 2.38. The van der Waals surface area contributed by atoms with Gasteiger partial charge in [-0.25, -0.2) is 0 Å². The lowest BCUT2D eigenvalue weighted by Gasteiger charge is -2.35. The van der Waals surface area contributed by atoms with E-state index in [1.807, 2.05) is 0 Å². The molecule has 2 fully saturated rings. The van der Waals surface area contributed by atoms with Crippen molar-refractivity contribution >= 4 is 0 Å². The molecule has 0 aliphatic heterocycles. The molecule has 2 saturated carbocycles. The molecule has 0 radical (unpaired) electrons. The summed E-state index contributed by atoms with van der Waals surface area (Å²) < 4.78 is 43.1. The van der Waals surface area contributed by atoms with Gasteiger partial charge < -0.3 is 10.1 Å². The molecule has 0 bridgehead atoms. The Kier molecular flexibility index (Phi) is 5.12. The zero-order valence-electron chi connectivity index (χ0n) is 11.5. The van der Waals surface area contributed by atoms with Crippen molar-refractivity contribution < 1.29 is 17.9 Å². The average molecular weight is 279 g/mol. The molecule has 0 heterocycles. The summed E-state index contributed by atoms with van der Waals surface area (Å²) in [5, 5.41) is 3.55. The van der Waals surface area contributed by atoms with Gasteiger partial charge in [0, 0.05) is 19.2 Å². The van der Waals surface area contributed by atoms with E-state index in [0.29, 0.717) is 25.0 Å². The van der Waals surface area contributed by atoms with Crippen LogP contribution in [0.4, 0.5) is 13.2 Å². The van der Waals surface area contributed by atoms with Crippen molar-refractivity contribution in [2.45, 2.75) is 75.7 Å². The highest BCUT2D eigenvalue weighted by atomic mass is 19.4. The van der Waals surface area contributed by atoms with E-state index in [4.69, 9.17) is 4.74 Å². The summed E-state index contributed by atoms with van der Waals surface area (Å²) in [5.41, 5.74) is 0. The van der Waals surface area contributed by atoms with E-state index in [1.54, 1.807) is 7.11 Å². The molecule has 2 aliphatic carbocycles. The van der Waals surface area contributed by atoms with Gasteiger partial charge in [0.15, 0.2) is 0 Å². The van der Waals surface area contributed by atoms with E-state index in [2.05, 4.69) is 5.32 Å². The minimum absolute atomic E-state index is 0.263. The predicted octanol–water partition coefficient (Wildman–Crippen LogP) is 3.65. The number of ether oxygens (including phenoxy) is 1. The van der Waals surface area contributed by atoms with Gasteiger partial charge in [-0.15, -0.1) is 0 Å². The summed E-state index contributed by atoms with van der Waals surface area (Å²) in [4.78, 5) is 0. The normalized spacial score (nSPS) is 37.3. The summed E-state index contributed by atoms with van der Waals surface area (Å²) in [6.45, 7) is 0. The van der Waals surface area contributed by atoms with Gasteiger partial charge in [-0.3, -0.25) is 0 Å². The van der Waals surface area contributed by atoms with Crippen LogP contribution in [0.1, 0.15) is 51.4 Å². The first-order chi connectivity index (χ1) is 8.99. The molecule has 0 aromatic carbocycles.